The van der Waals surface area contributed by atoms with E-state index in [9.17, 15) is 37.8 Å². The van der Waals surface area contributed by atoms with Gasteiger partial charge in [-0.25, -0.2) is 4.79 Å². The number of unbranched alkanes of at least 4 members (excludes halogenated alkanes) is 2. The van der Waals surface area contributed by atoms with Crippen LogP contribution in [0, 0.1) is 0 Å². The number of halogens is 3. The molecular formula is C33H37F3O8S. The number of ketones is 1. The van der Waals surface area contributed by atoms with Crippen LogP contribution in [-0.4, -0.2) is 48.0 Å². The average Bonchev–Trinajstić information content (AvgIpc) is 2.98. The summed E-state index contributed by atoms with van der Waals surface area (Å²) in [6, 6.07) is 7.55. The second-order valence-corrected chi connectivity index (χ2v) is 11.1. The van der Waals surface area contributed by atoms with Crippen LogP contribution in [0.2, 0.25) is 0 Å². The summed E-state index contributed by atoms with van der Waals surface area (Å²) >= 11 is 4.22. The third-order valence-electron chi connectivity index (χ3n) is 7.24. The molecular weight excluding hydrogens is 613 g/mol. The first-order chi connectivity index (χ1) is 21.3. The second kappa shape index (κ2) is 16.0. The quantitative estimate of drug-likeness (QED) is 0.0514. The molecule has 0 saturated heterocycles. The Morgan fingerprint density at radius 2 is 1.89 bits per heavy atom. The molecule has 1 heterocycles. The lowest BCUT2D eigenvalue weighted by Crippen LogP contribution is -2.28. The minimum Gasteiger partial charge on any atom is -0.507 e. The molecule has 0 radical (unpaired) electrons. The van der Waals surface area contributed by atoms with Gasteiger partial charge >= 0.3 is 12.1 Å². The highest BCUT2D eigenvalue weighted by Crippen LogP contribution is 2.34. The van der Waals surface area contributed by atoms with Gasteiger partial charge in [0, 0.05) is 22.8 Å². The van der Waals surface area contributed by atoms with E-state index in [2.05, 4.69) is 12.6 Å². The highest BCUT2D eigenvalue weighted by atomic mass is 32.1. The minimum atomic E-state index is -4.54. The molecule has 12 heteroatoms. The fourth-order valence-corrected chi connectivity index (χ4v) is 5.16. The van der Waals surface area contributed by atoms with E-state index in [-0.39, 0.29) is 40.2 Å². The molecule has 45 heavy (non-hydrogen) atoms. The minimum absolute atomic E-state index is 0.0375. The molecule has 2 atom stereocenters. The van der Waals surface area contributed by atoms with Crippen LogP contribution in [0.1, 0.15) is 90.3 Å². The first-order valence-electron chi connectivity index (χ1n) is 14.6. The molecule has 0 saturated carbocycles. The third kappa shape index (κ3) is 9.37. The summed E-state index contributed by atoms with van der Waals surface area (Å²) < 4.78 is 55.4. The maximum Gasteiger partial charge on any atom is 0.389 e. The number of aliphatic hydroxyl groups excluding tert-OH is 1. The molecule has 244 valence electrons. The number of alkyl halides is 3. The lowest BCUT2D eigenvalue weighted by Gasteiger charge is -2.22. The van der Waals surface area contributed by atoms with Crippen molar-refractivity contribution in [2.75, 3.05) is 13.7 Å². The van der Waals surface area contributed by atoms with Crippen LogP contribution in [0.5, 0.6) is 11.5 Å². The molecule has 2 N–H and O–H groups in total. The van der Waals surface area contributed by atoms with Gasteiger partial charge in [0.1, 0.15) is 17.1 Å². The van der Waals surface area contributed by atoms with Crippen molar-refractivity contribution < 1.29 is 46.9 Å². The summed E-state index contributed by atoms with van der Waals surface area (Å²) in [7, 11) is 1.07. The van der Waals surface area contributed by atoms with E-state index < -0.39 is 48.2 Å². The molecule has 0 fully saturated rings. The van der Waals surface area contributed by atoms with Crippen molar-refractivity contribution in [1.82, 2.24) is 0 Å². The second-order valence-electron chi connectivity index (χ2n) is 10.6. The molecule has 0 aliphatic carbocycles. The van der Waals surface area contributed by atoms with Gasteiger partial charge in [-0.2, -0.15) is 13.2 Å². The highest BCUT2D eigenvalue weighted by molar-refractivity contribution is 7.80. The van der Waals surface area contributed by atoms with E-state index >= 15 is 0 Å². The molecule has 3 aromatic rings. The van der Waals surface area contributed by atoms with Gasteiger partial charge in [-0.1, -0.05) is 25.5 Å². The van der Waals surface area contributed by atoms with Gasteiger partial charge in [0.05, 0.1) is 36.3 Å². The maximum atomic E-state index is 13.6. The number of aromatic hydroxyl groups is 1. The molecule has 0 spiro atoms. The Kier molecular flexibility index (Phi) is 12.7. The zero-order valence-electron chi connectivity index (χ0n) is 25.3. The number of carbonyl (C=O) groups excluding carboxylic acids is 2. The third-order valence-corrected chi connectivity index (χ3v) is 7.52. The van der Waals surface area contributed by atoms with Gasteiger partial charge < -0.3 is 24.1 Å². The fraction of sp³-hybridized carbons (Fsp3) is 0.424. The lowest BCUT2D eigenvalue weighted by atomic mass is 9.88. The monoisotopic (exact) mass is 650 g/mol. The number of carbonyl (C=O) groups is 2. The molecule has 0 amide bonds. The summed E-state index contributed by atoms with van der Waals surface area (Å²) in [6.45, 7) is 3.60. The topological polar surface area (TPSA) is 123 Å². The Morgan fingerprint density at radius 3 is 2.53 bits per heavy atom. The Morgan fingerprint density at radius 1 is 1.16 bits per heavy atom. The van der Waals surface area contributed by atoms with Crippen LogP contribution in [0.4, 0.5) is 13.2 Å². The Hall–Kier alpha value is -3.77. The first kappa shape index (κ1) is 35.7. The number of rotatable bonds is 15. The summed E-state index contributed by atoms with van der Waals surface area (Å²) in [5.41, 5.74) is -0.156. The predicted octanol–water partition coefficient (Wildman–Crippen LogP) is 7.32. The van der Waals surface area contributed by atoms with Crippen LogP contribution < -0.4 is 10.2 Å². The van der Waals surface area contributed by atoms with Crippen molar-refractivity contribution >= 4 is 35.4 Å². The van der Waals surface area contributed by atoms with Gasteiger partial charge in [-0.05, 0) is 69.4 Å². The number of hydrogen-bond donors (Lipinski definition) is 3. The number of thiol groups is 1. The van der Waals surface area contributed by atoms with Crippen molar-refractivity contribution in [3.05, 3.63) is 75.2 Å². The van der Waals surface area contributed by atoms with Gasteiger partial charge in [0.2, 0.25) is 5.76 Å². The van der Waals surface area contributed by atoms with Crippen LogP contribution in [0.25, 0.3) is 11.0 Å². The SMILES string of the molecule is CCCc1c(OCCCCC=C[C@@H](c2c(C(=O)OC)oc3cc(S)ccc3c2=O)[C@H](O)CCC(F)(F)F)ccc(C(C)=O)c1O. The molecule has 2 aromatic carbocycles. The fourth-order valence-electron chi connectivity index (χ4n) is 4.97. The van der Waals surface area contributed by atoms with Crippen molar-refractivity contribution in [2.24, 2.45) is 0 Å². The summed E-state index contributed by atoms with van der Waals surface area (Å²) in [6.07, 6.45) is -2.38. The Labute approximate surface area is 264 Å². The highest BCUT2D eigenvalue weighted by Gasteiger charge is 2.34. The van der Waals surface area contributed by atoms with E-state index in [0.717, 1.165) is 13.5 Å². The van der Waals surface area contributed by atoms with Crippen molar-refractivity contribution in [3.63, 3.8) is 0 Å². The number of esters is 1. The molecule has 0 aliphatic rings. The zero-order valence-corrected chi connectivity index (χ0v) is 26.2. The Bertz CT molecular complexity index is 1600. The van der Waals surface area contributed by atoms with Crippen molar-refractivity contribution in [2.45, 2.75) is 81.9 Å². The lowest BCUT2D eigenvalue weighted by molar-refractivity contribution is -0.140. The summed E-state index contributed by atoms with van der Waals surface area (Å²) in [5, 5.41) is 21.5. The smallest absolute Gasteiger partial charge is 0.389 e. The molecule has 1 aromatic heterocycles. The van der Waals surface area contributed by atoms with Gasteiger partial charge in [0.25, 0.3) is 0 Å². The molecule has 0 bridgehead atoms. The van der Waals surface area contributed by atoms with E-state index in [1.165, 1.54) is 37.3 Å². The number of hydrogen-bond acceptors (Lipinski definition) is 9. The molecule has 8 nitrogen and oxygen atoms in total. The number of benzene rings is 2. The van der Waals surface area contributed by atoms with Crippen molar-refractivity contribution in [3.8, 4) is 11.5 Å². The number of aliphatic hydroxyl groups is 1. The number of phenolic OH excluding ortho intramolecular Hbond substituents is 1. The maximum absolute atomic E-state index is 13.6. The Balaban J connectivity index is 1.81. The largest absolute Gasteiger partial charge is 0.507 e. The molecule has 0 aliphatic heterocycles. The van der Waals surface area contributed by atoms with Gasteiger partial charge in [-0.15, -0.1) is 12.6 Å². The number of Topliss-reactive ketones (excluding diaryl/α,β-unsaturated/α-hetero) is 1. The van der Waals surface area contributed by atoms with Crippen molar-refractivity contribution in [1.29, 1.82) is 0 Å². The molecule has 0 unspecified atom stereocenters. The van der Waals surface area contributed by atoms with E-state index in [0.29, 0.717) is 41.9 Å². The van der Waals surface area contributed by atoms with Gasteiger partial charge in [0.15, 0.2) is 11.2 Å². The number of fused-ring (bicyclic) bond motifs is 1. The zero-order chi connectivity index (χ0) is 33.3. The standard InChI is InChI=1S/C33H37F3O8S/c1-4-9-23-26(14-13-21(19(2)37)29(23)39)43-17-8-6-5-7-10-22(25(38)15-16-33(34,35)36)28-30(40)24-12-11-20(45)18-27(24)44-31(28)32(41)42-3/h7,10-14,18,22,25,38-39,45H,4-6,8-9,15-17H2,1-3H3/t22-,25-/m1/s1. The van der Waals surface area contributed by atoms with Crippen LogP contribution in [-0.2, 0) is 11.2 Å². The van der Waals surface area contributed by atoms with Crippen LogP contribution in [0.15, 0.2) is 56.6 Å². The normalized spacial score (nSPS) is 13.2. The predicted molar refractivity (Wildman–Crippen MR) is 166 cm³/mol. The first-order valence-corrected chi connectivity index (χ1v) is 15.0. The molecule has 3 rings (SSSR count). The van der Waals surface area contributed by atoms with Crippen LogP contribution >= 0.6 is 12.6 Å². The van der Waals surface area contributed by atoms with E-state index in [4.69, 9.17) is 13.9 Å². The number of methoxy groups -OCH3 is 1. The summed E-state index contributed by atoms with van der Waals surface area (Å²) in [4.78, 5) is 38.5. The average molecular weight is 651 g/mol. The number of allylic oxidation sites excluding steroid dienone is 1. The summed E-state index contributed by atoms with van der Waals surface area (Å²) in [5.74, 6) is -2.69. The van der Waals surface area contributed by atoms with Gasteiger partial charge in [-0.3, -0.25) is 9.59 Å². The number of phenols is 1. The van der Waals surface area contributed by atoms with E-state index in [1.54, 1.807) is 12.1 Å². The van der Waals surface area contributed by atoms with Crippen LogP contribution in [0.3, 0.4) is 0 Å². The number of ether oxygens (including phenoxy) is 2. The van der Waals surface area contributed by atoms with E-state index in [1.807, 2.05) is 6.92 Å².